The first kappa shape index (κ1) is 31.7. The van der Waals surface area contributed by atoms with Crippen LogP contribution in [0, 0.1) is 13.8 Å². The van der Waals surface area contributed by atoms with Gasteiger partial charge < -0.3 is 0 Å². The summed E-state index contributed by atoms with van der Waals surface area (Å²) in [5, 5.41) is 1.50. The van der Waals surface area contributed by atoms with Crippen LogP contribution in [0.3, 0.4) is 0 Å². The third-order valence-electron chi connectivity index (χ3n) is 11.0. The van der Waals surface area contributed by atoms with Gasteiger partial charge >= 0.3 is 0 Å². The zero-order valence-corrected chi connectivity index (χ0v) is 34.1. The van der Waals surface area contributed by atoms with E-state index in [1.54, 1.807) is 22.3 Å². The van der Waals surface area contributed by atoms with Crippen molar-refractivity contribution >= 4 is 89.5 Å². The first-order valence-electron chi connectivity index (χ1n) is 17.4. The van der Waals surface area contributed by atoms with Crippen LogP contribution in [0.4, 0.5) is 0 Å². The van der Waals surface area contributed by atoms with Gasteiger partial charge in [-0.1, -0.05) is 53.2 Å². The molecule has 8 aromatic rings. The molecule has 0 saturated carbocycles. The molecule has 0 atom stereocenters. The monoisotopic (exact) mass is 760 g/mol. The summed E-state index contributed by atoms with van der Waals surface area (Å²) in [6.07, 6.45) is 3.60. The van der Waals surface area contributed by atoms with Crippen LogP contribution >= 0.6 is 68.4 Å². The molecule has 0 saturated heterocycles. The number of hydrogen-bond acceptors (Lipinski definition) is 8. The molecule has 50 heavy (non-hydrogen) atoms. The van der Waals surface area contributed by atoms with E-state index in [0.29, 0.717) is 0 Å². The lowest BCUT2D eigenvalue weighted by molar-refractivity contribution is 0.664. The van der Waals surface area contributed by atoms with E-state index in [1.165, 1.54) is 101 Å². The summed E-state index contributed by atoms with van der Waals surface area (Å²) in [6, 6.07) is 21.1. The minimum Gasteiger partial charge on any atom is -0.172 e. The van der Waals surface area contributed by atoms with Crippen molar-refractivity contribution in [1.29, 1.82) is 0 Å². The molecule has 2 aliphatic rings. The molecular weight excluding hydrogens is 725 g/mol. The SMILES string of the molecule is CCCCc1cc2c3c(sc2c2c1-c1sc(C)cc1C2(C)C)-c1sc(-c2ccc(-c4ccc(-c5ccc(C)s5)c5nsnc45)s2)cc1C3(C)C. The van der Waals surface area contributed by atoms with Crippen molar-refractivity contribution < 1.29 is 0 Å². The number of aryl methyl sites for hydroxylation is 3. The highest BCUT2D eigenvalue weighted by Gasteiger charge is 2.45. The van der Waals surface area contributed by atoms with E-state index in [9.17, 15) is 0 Å². The van der Waals surface area contributed by atoms with Crippen LogP contribution in [-0.2, 0) is 17.3 Å². The van der Waals surface area contributed by atoms with E-state index in [4.69, 9.17) is 8.75 Å². The van der Waals surface area contributed by atoms with E-state index < -0.39 is 0 Å². The minimum atomic E-state index is -0.0490. The van der Waals surface area contributed by atoms with E-state index in [1.807, 2.05) is 45.3 Å². The topological polar surface area (TPSA) is 25.8 Å². The van der Waals surface area contributed by atoms with Crippen molar-refractivity contribution in [2.24, 2.45) is 0 Å². The Balaban J connectivity index is 1.09. The Morgan fingerprint density at radius 3 is 2.00 bits per heavy atom. The van der Waals surface area contributed by atoms with Gasteiger partial charge in [-0.2, -0.15) is 8.75 Å². The van der Waals surface area contributed by atoms with Crippen LogP contribution in [0.25, 0.3) is 71.9 Å². The van der Waals surface area contributed by atoms with Crippen LogP contribution in [0.5, 0.6) is 0 Å². The number of thiophene rings is 5. The maximum absolute atomic E-state index is 4.79. The highest BCUT2D eigenvalue weighted by molar-refractivity contribution is 7.29. The molecule has 0 amide bonds. The number of aromatic nitrogens is 2. The fourth-order valence-corrected chi connectivity index (χ4v) is 15.5. The first-order chi connectivity index (χ1) is 24.1. The summed E-state index contributed by atoms with van der Waals surface area (Å²) >= 11 is 11.1. The normalized spacial score (nSPS) is 15.3. The van der Waals surface area contributed by atoms with Gasteiger partial charge in [-0.05, 0) is 102 Å². The van der Waals surface area contributed by atoms with Crippen molar-refractivity contribution in [1.82, 2.24) is 8.75 Å². The third-order valence-corrected chi connectivity index (χ3v) is 17.5. The number of benzene rings is 2. The summed E-state index contributed by atoms with van der Waals surface area (Å²) in [6.45, 7) is 16.6. The van der Waals surface area contributed by atoms with Gasteiger partial charge in [0, 0.05) is 76.1 Å². The summed E-state index contributed by atoms with van der Waals surface area (Å²) in [5.74, 6) is 0. The molecule has 10 rings (SSSR count). The maximum atomic E-state index is 4.79. The standard InChI is InChI=1S/C42H36N2S6/c1-8-9-10-22-18-25-33-40(49-37(25)34-32(22)38-26(42(34,6)7)17-21(3)46-38)39-27(41(33,4)5)19-31(48-39)30-16-15-29(47-30)24-13-12-23(28-14-11-20(2)45-28)35-36(24)44-50-43-35/h11-19H,8-10H2,1-7H3. The fraction of sp³-hybridized carbons (Fsp3) is 0.286. The smallest absolute Gasteiger partial charge is 0.114 e. The highest BCUT2D eigenvalue weighted by Crippen LogP contribution is 2.64. The average Bonchev–Trinajstić information content (AvgIpc) is 3.93. The predicted molar refractivity (Wildman–Crippen MR) is 224 cm³/mol. The number of unbranched alkanes of at least 4 members (excludes halogenated alkanes) is 1. The van der Waals surface area contributed by atoms with Crippen molar-refractivity contribution in [3.8, 4) is 50.8 Å². The van der Waals surface area contributed by atoms with Gasteiger partial charge in [-0.3, -0.25) is 0 Å². The Kier molecular flexibility index (Phi) is 6.99. The lowest BCUT2D eigenvalue weighted by Gasteiger charge is -2.24. The predicted octanol–water partition coefficient (Wildman–Crippen LogP) is 14.7. The Morgan fingerprint density at radius 2 is 1.28 bits per heavy atom. The van der Waals surface area contributed by atoms with E-state index >= 15 is 0 Å². The number of hydrogen-bond donors (Lipinski definition) is 0. The van der Waals surface area contributed by atoms with Gasteiger partial charge in [-0.15, -0.1) is 56.7 Å². The molecule has 2 aliphatic carbocycles. The molecular formula is C42H36N2S6. The van der Waals surface area contributed by atoms with Crippen LogP contribution < -0.4 is 0 Å². The molecule has 0 radical (unpaired) electrons. The van der Waals surface area contributed by atoms with Crippen LogP contribution in [-0.4, -0.2) is 8.75 Å². The molecule has 0 fully saturated rings. The van der Waals surface area contributed by atoms with Crippen LogP contribution in [0.1, 0.15) is 85.0 Å². The van der Waals surface area contributed by atoms with Gasteiger partial charge in [0.25, 0.3) is 0 Å². The maximum Gasteiger partial charge on any atom is 0.114 e. The van der Waals surface area contributed by atoms with E-state index in [2.05, 4.69) is 114 Å². The summed E-state index contributed by atoms with van der Waals surface area (Å²) in [5.41, 5.74) is 13.6. The Labute approximate surface area is 317 Å². The third kappa shape index (κ3) is 4.33. The molecule has 0 aliphatic heterocycles. The fourth-order valence-electron chi connectivity index (χ4n) is 8.53. The van der Waals surface area contributed by atoms with Gasteiger partial charge in [0.05, 0.1) is 11.7 Å². The van der Waals surface area contributed by atoms with E-state index in [0.717, 1.165) is 17.5 Å². The highest BCUT2D eigenvalue weighted by atomic mass is 32.1. The molecule has 2 aromatic carbocycles. The molecule has 0 bridgehead atoms. The first-order valence-corrected chi connectivity index (χ1v) is 22.2. The van der Waals surface area contributed by atoms with Crippen molar-refractivity contribution in [3.63, 3.8) is 0 Å². The lowest BCUT2D eigenvalue weighted by atomic mass is 9.78. The number of fused-ring (bicyclic) bond motifs is 10. The second-order valence-corrected chi connectivity index (χ2v) is 21.2. The molecule has 0 spiro atoms. The second kappa shape index (κ2) is 11.0. The number of rotatable bonds is 6. The van der Waals surface area contributed by atoms with Crippen LogP contribution in [0.15, 0.2) is 54.6 Å². The minimum absolute atomic E-state index is 0.00854. The molecule has 6 heterocycles. The average molecular weight is 761 g/mol. The molecule has 0 unspecified atom stereocenters. The van der Waals surface area contributed by atoms with Crippen molar-refractivity contribution in [2.45, 2.75) is 78.6 Å². The summed E-state index contributed by atoms with van der Waals surface area (Å²) in [7, 11) is 0. The van der Waals surface area contributed by atoms with Gasteiger partial charge in [-0.25, -0.2) is 0 Å². The van der Waals surface area contributed by atoms with Gasteiger partial charge in [0.2, 0.25) is 0 Å². The Hall–Kier alpha value is -2.98. The molecule has 8 heteroatoms. The molecule has 2 nitrogen and oxygen atoms in total. The van der Waals surface area contributed by atoms with Gasteiger partial charge in [0.15, 0.2) is 0 Å². The molecule has 250 valence electrons. The quantitative estimate of drug-likeness (QED) is 0.169. The number of nitrogens with zero attached hydrogens (tertiary/aromatic N) is 2. The Morgan fingerprint density at radius 1 is 0.600 bits per heavy atom. The lowest BCUT2D eigenvalue weighted by Crippen LogP contribution is -2.16. The Bertz CT molecular complexity index is 2680. The van der Waals surface area contributed by atoms with Crippen molar-refractivity contribution in [2.75, 3.05) is 0 Å². The zero-order chi connectivity index (χ0) is 34.3. The zero-order valence-electron chi connectivity index (χ0n) is 29.2. The largest absolute Gasteiger partial charge is 0.172 e. The van der Waals surface area contributed by atoms with Crippen molar-refractivity contribution in [3.05, 3.63) is 92.2 Å². The van der Waals surface area contributed by atoms with Gasteiger partial charge in [0.1, 0.15) is 11.0 Å². The van der Waals surface area contributed by atoms with Crippen LogP contribution in [0.2, 0.25) is 0 Å². The van der Waals surface area contributed by atoms with E-state index in [-0.39, 0.29) is 10.8 Å². The second-order valence-electron chi connectivity index (χ2n) is 15.0. The molecule has 6 aromatic heterocycles. The summed E-state index contributed by atoms with van der Waals surface area (Å²) in [4.78, 5) is 12.4. The summed E-state index contributed by atoms with van der Waals surface area (Å²) < 4.78 is 11.1. The molecule has 0 N–H and O–H groups in total.